The maximum absolute atomic E-state index is 3.42. The van der Waals surface area contributed by atoms with Crippen molar-refractivity contribution in [2.45, 2.75) is 25.3 Å². The number of hydrogen-bond donors (Lipinski definition) is 1. The molecule has 0 spiro atoms. The normalized spacial score (nSPS) is 39.8. The summed E-state index contributed by atoms with van der Waals surface area (Å²) in [6.07, 6.45) is 0. The molecule has 0 radical (unpaired) electrons. The zero-order valence-corrected chi connectivity index (χ0v) is 6.81. The third-order valence-corrected chi connectivity index (χ3v) is 3.93. The van der Waals surface area contributed by atoms with E-state index in [9.17, 15) is 0 Å². The van der Waals surface area contributed by atoms with E-state index in [-0.39, 0.29) is 0 Å². The van der Waals surface area contributed by atoms with Crippen LogP contribution in [0.15, 0.2) is 0 Å². The molecule has 0 saturated carbocycles. The molecule has 1 rings (SSSR count). The highest BCUT2D eigenvalue weighted by Gasteiger charge is 2.13. The Kier molecular flexibility index (Phi) is 2.53. The number of rotatable bonds is 0. The molecule has 2 unspecified atom stereocenters. The van der Waals surface area contributed by atoms with Gasteiger partial charge in [-0.2, -0.15) is 0 Å². The lowest BCUT2D eigenvalue weighted by Crippen LogP contribution is -2.36. The second-order valence-electron chi connectivity index (χ2n) is 2.09. The van der Waals surface area contributed by atoms with Gasteiger partial charge in [-0.25, -0.2) is 0 Å². The van der Waals surface area contributed by atoms with Crippen molar-refractivity contribution in [3.8, 4) is 0 Å². The first-order chi connectivity index (χ1) is 3.79. The fourth-order valence-corrected chi connectivity index (χ4v) is 3.22. The third kappa shape index (κ3) is 1.88. The van der Waals surface area contributed by atoms with Gasteiger partial charge in [0.1, 0.15) is 0 Å². The van der Waals surface area contributed by atoms with Gasteiger partial charge in [-0.1, -0.05) is 21.6 Å². The quantitative estimate of drug-likeness (QED) is 0.527. The van der Waals surface area contributed by atoms with Gasteiger partial charge in [0.05, 0.1) is 5.37 Å². The van der Waals surface area contributed by atoms with E-state index in [0.717, 1.165) is 0 Å². The van der Waals surface area contributed by atoms with Crippen LogP contribution in [0.4, 0.5) is 0 Å². The lowest BCUT2D eigenvalue weighted by atomic mass is 10.4. The minimum Gasteiger partial charge on any atom is -0.301 e. The summed E-state index contributed by atoms with van der Waals surface area (Å²) in [5.41, 5.74) is 0. The Labute approximate surface area is 58.4 Å². The van der Waals surface area contributed by atoms with E-state index < -0.39 is 0 Å². The molecule has 0 aromatic heterocycles. The van der Waals surface area contributed by atoms with Crippen molar-refractivity contribution in [1.82, 2.24) is 5.32 Å². The average molecular weight is 149 g/mol. The Morgan fingerprint density at radius 3 is 2.62 bits per heavy atom. The van der Waals surface area contributed by atoms with Gasteiger partial charge in [-0.3, -0.25) is 0 Å². The summed E-state index contributed by atoms with van der Waals surface area (Å²) in [5.74, 6) is 1.25. The summed E-state index contributed by atoms with van der Waals surface area (Å²) in [4.78, 5) is 0. The average Bonchev–Trinajstić information content (AvgIpc) is 1.64. The van der Waals surface area contributed by atoms with Crippen LogP contribution < -0.4 is 5.32 Å². The molecule has 3 heteroatoms. The highest BCUT2D eigenvalue weighted by Crippen LogP contribution is 2.29. The van der Waals surface area contributed by atoms with Crippen molar-refractivity contribution in [2.75, 3.05) is 5.75 Å². The molecule has 1 aliphatic heterocycles. The van der Waals surface area contributed by atoms with Gasteiger partial charge in [-0.05, 0) is 13.8 Å². The Morgan fingerprint density at radius 1 is 1.50 bits per heavy atom. The minimum absolute atomic E-state index is 0.642. The van der Waals surface area contributed by atoms with E-state index in [1.807, 2.05) is 21.6 Å². The molecular weight excluding hydrogens is 138 g/mol. The first-order valence-electron chi connectivity index (χ1n) is 2.83. The summed E-state index contributed by atoms with van der Waals surface area (Å²) in [7, 11) is 3.89. The molecule has 0 aromatic rings. The van der Waals surface area contributed by atoms with E-state index in [2.05, 4.69) is 19.2 Å². The summed E-state index contributed by atoms with van der Waals surface area (Å²) in [6.45, 7) is 4.43. The lowest BCUT2D eigenvalue weighted by Gasteiger charge is -2.24. The monoisotopic (exact) mass is 149 g/mol. The predicted octanol–water partition coefficient (Wildman–Crippen LogP) is 1.71. The lowest BCUT2D eigenvalue weighted by molar-refractivity contribution is 0.591. The molecule has 1 N–H and O–H groups in total. The molecular formula is C5H11NS2. The van der Waals surface area contributed by atoms with Crippen LogP contribution in [0.2, 0.25) is 0 Å². The maximum Gasteiger partial charge on any atom is 0.0610 e. The van der Waals surface area contributed by atoms with Crippen LogP contribution >= 0.6 is 21.6 Å². The highest BCUT2D eigenvalue weighted by molar-refractivity contribution is 8.77. The third-order valence-electron chi connectivity index (χ3n) is 1.05. The standard InChI is InChI=1S/C5H11NS2/c1-4-3-7-8-5(2)6-4/h4-6H,3H2,1-2H3. The van der Waals surface area contributed by atoms with Crippen LogP contribution in [0.5, 0.6) is 0 Å². The Balaban J connectivity index is 2.23. The molecule has 2 atom stereocenters. The van der Waals surface area contributed by atoms with E-state index in [0.29, 0.717) is 11.4 Å². The first kappa shape index (κ1) is 6.78. The molecule has 1 fully saturated rings. The number of hydrogen-bond acceptors (Lipinski definition) is 3. The van der Waals surface area contributed by atoms with E-state index in [1.54, 1.807) is 0 Å². The first-order valence-corrected chi connectivity index (χ1v) is 5.21. The van der Waals surface area contributed by atoms with Crippen LogP contribution in [-0.2, 0) is 0 Å². The van der Waals surface area contributed by atoms with Gasteiger partial charge in [0.25, 0.3) is 0 Å². The van der Waals surface area contributed by atoms with Crippen molar-refractivity contribution < 1.29 is 0 Å². The summed E-state index contributed by atoms with van der Waals surface area (Å²) < 4.78 is 0. The predicted molar refractivity (Wildman–Crippen MR) is 42.1 cm³/mol. The molecule has 1 nitrogen and oxygen atoms in total. The summed E-state index contributed by atoms with van der Waals surface area (Å²) in [6, 6.07) is 0.705. The van der Waals surface area contributed by atoms with Crippen molar-refractivity contribution >= 4 is 21.6 Å². The molecule has 1 saturated heterocycles. The van der Waals surface area contributed by atoms with Gasteiger partial charge in [0, 0.05) is 11.8 Å². The summed E-state index contributed by atoms with van der Waals surface area (Å²) >= 11 is 0. The zero-order chi connectivity index (χ0) is 5.98. The van der Waals surface area contributed by atoms with Crippen molar-refractivity contribution in [1.29, 1.82) is 0 Å². The second-order valence-corrected chi connectivity index (χ2v) is 4.84. The Hall–Kier alpha value is 0.660. The zero-order valence-electron chi connectivity index (χ0n) is 5.18. The van der Waals surface area contributed by atoms with Crippen LogP contribution in [-0.4, -0.2) is 17.2 Å². The highest BCUT2D eigenvalue weighted by atomic mass is 33.1. The molecule has 0 bridgehead atoms. The molecule has 0 amide bonds. The van der Waals surface area contributed by atoms with E-state index >= 15 is 0 Å². The smallest absolute Gasteiger partial charge is 0.0610 e. The molecule has 8 heavy (non-hydrogen) atoms. The van der Waals surface area contributed by atoms with E-state index in [1.165, 1.54) is 5.75 Å². The number of nitrogens with one attached hydrogen (secondary N) is 1. The molecule has 48 valence electrons. The van der Waals surface area contributed by atoms with Gasteiger partial charge in [0.15, 0.2) is 0 Å². The molecule has 0 aromatic carbocycles. The fraction of sp³-hybridized carbons (Fsp3) is 1.00. The van der Waals surface area contributed by atoms with Crippen LogP contribution in [0, 0.1) is 0 Å². The Morgan fingerprint density at radius 2 is 2.25 bits per heavy atom. The molecule has 1 aliphatic rings. The van der Waals surface area contributed by atoms with Crippen LogP contribution in [0.3, 0.4) is 0 Å². The van der Waals surface area contributed by atoms with Crippen molar-refractivity contribution in [3.63, 3.8) is 0 Å². The van der Waals surface area contributed by atoms with Gasteiger partial charge >= 0.3 is 0 Å². The van der Waals surface area contributed by atoms with Crippen molar-refractivity contribution in [2.24, 2.45) is 0 Å². The fourth-order valence-electron chi connectivity index (χ4n) is 0.720. The van der Waals surface area contributed by atoms with Gasteiger partial charge in [0.2, 0.25) is 0 Å². The maximum atomic E-state index is 3.42. The van der Waals surface area contributed by atoms with Crippen LogP contribution in [0.1, 0.15) is 13.8 Å². The summed E-state index contributed by atoms with van der Waals surface area (Å²) in [5, 5.41) is 4.06. The van der Waals surface area contributed by atoms with Crippen molar-refractivity contribution in [3.05, 3.63) is 0 Å². The largest absolute Gasteiger partial charge is 0.301 e. The Bertz CT molecular complexity index is 68.8. The van der Waals surface area contributed by atoms with Gasteiger partial charge in [-0.15, -0.1) is 0 Å². The van der Waals surface area contributed by atoms with Crippen LogP contribution in [0.25, 0.3) is 0 Å². The SMILES string of the molecule is CC1CSSC(C)N1. The second kappa shape index (κ2) is 2.99. The minimum atomic E-state index is 0.642. The topological polar surface area (TPSA) is 12.0 Å². The van der Waals surface area contributed by atoms with E-state index in [4.69, 9.17) is 0 Å². The molecule has 1 heterocycles. The van der Waals surface area contributed by atoms with Gasteiger partial charge < -0.3 is 5.32 Å². The molecule has 0 aliphatic carbocycles.